The van der Waals surface area contributed by atoms with Crippen molar-refractivity contribution in [3.05, 3.63) is 42.6 Å². The van der Waals surface area contributed by atoms with E-state index in [4.69, 9.17) is 5.73 Å². The maximum Gasteiger partial charge on any atom is 0.131 e. The fourth-order valence-corrected chi connectivity index (χ4v) is 1.40. The second-order valence-corrected chi connectivity index (χ2v) is 2.85. The number of hydrogen-bond acceptors (Lipinski definition) is 2. The van der Waals surface area contributed by atoms with Gasteiger partial charge in [-0.25, -0.2) is 4.98 Å². The van der Waals surface area contributed by atoms with Crippen LogP contribution >= 0.6 is 0 Å². The number of nitrogens with two attached hydrogens (primary N) is 1. The van der Waals surface area contributed by atoms with Crippen LogP contribution in [0, 0.1) is 0 Å². The molecule has 0 aliphatic carbocycles. The molecule has 2 aromatic rings. The maximum atomic E-state index is 5.73. The highest BCUT2D eigenvalue weighted by Gasteiger charge is 2.00. The average Bonchev–Trinajstić information content (AvgIpc) is 2.19. The van der Waals surface area contributed by atoms with Crippen LogP contribution in [0.15, 0.2) is 37.0 Å². The molecule has 2 rings (SSSR count). The highest BCUT2D eigenvalue weighted by Crippen LogP contribution is 2.22. The van der Waals surface area contributed by atoms with Gasteiger partial charge in [0.15, 0.2) is 0 Å². The molecule has 64 valence electrons. The first-order valence-corrected chi connectivity index (χ1v) is 4.08. The molecule has 1 aromatic heterocycles. The van der Waals surface area contributed by atoms with E-state index in [1.807, 2.05) is 24.3 Å². The second-order valence-electron chi connectivity index (χ2n) is 2.85. The van der Waals surface area contributed by atoms with Gasteiger partial charge in [0.05, 0.1) is 0 Å². The van der Waals surface area contributed by atoms with Crippen LogP contribution in [-0.4, -0.2) is 4.98 Å². The zero-order valence-corrected chi connectivity index (χ0v) is 7.20. The van der Waals surface area contributed by atoms with E-state index in [-0.39, 0.29) is 0 Å². The molecule has 0 spiro atoms. The predicted molar refractivity (Wildman–Crippen MR) is 56.2 cm³/mol. The van der Waals surface area contributed by atoms with Crippen molar-refractivity contribution < 1.29 is 0 Å². The number of hydrogen-bond donors (Lipinski definition) is 1. The summed E-state index contributed by atoms with van der Waals surface area (Å²) in [5.41, 5.74) is 6.75. The zero-order chi connectivity index (χ0) is 9.26. The summed E-state index contributed by atoms with van der Waals surface area (Å²) >= 11 is 0. The first-order valence-electron chi connectivity index (χ1n) is 4.08. The lowest BCUT2D eigenvalue weighted by atomic mass is 10.1. The van der Waals surface area contributed by atoms with Crippen LogP contribution in [0.5, 0.6) is 0 Å². The van der Waals surface area contributed by atoms with Gasteiger partial charge in [0, 0.05) is 17.1 Å². The third kappa shape index (κ3) is 1.16. The van der Waals surface area contributed by atoms with Crippen LogP contribution in [0.3, 0.4) is 0 Å². The molecule has 0 fully saturated rings. The third-order valence-corrected chi connectivity index (χ3v) is 2.08. The van der Waals surface area contributed by atoms with E-state index in [9.17, 15) is 0 Å². The van der Waals surface area contributed by atoms with Crippen molar-refractivity contribution in [1.29, 1.82) is 0 Å². The van der Waals surface area contributed by atoms with Gasteiger partial charge in [-0.15, -0.1) is 0 Å². The third-order valence-electron chi connectivity index (χ3n) is 2.08. The molecule has 2 heteroatoms. The summed E-state index contributed by atoms with van der Waals surface area (Å²) < 4.78 is 0. The van der Waals surface area contributed by atoms with Crippen molar-refractivity contribution in [3.8, 4) is 0 Å². The molecule has 2 N–H and O–H groups in total. The minimum atomic E-state index is 0.571. The van der Waals surface area contributed by atoms with E-state index in [1.54, 1.807) is 12.3 Å². The van der Waals surface area contributed by atoms with Crippen LogP contribution in [-0.2, 0) is 0 Å². The molecule has 1 aromatic carbocycles. The van der Waals surface area contributed by atoms with Gasteiger partial charge in [-0.1, -0.05) is 36.9 Å². The topological polar surface area (TPSA) is 38.9 Å². The van der Waals surface area contributed by atoms with Gasteiger partial charge >= 0.3 is 0 Å². The number of aromatic nitrogens is 1. The summed E-state index contributed by atoms with van der Waals surface area (Å²) in [4.78, 5) is 4.08. The lowest BCUT2D eigenvalue weighted by Crippen LogP contribution is -1.92. The Hall–Kier alpha value is -1.83. The molecular formula is C11H10N2. The molecule has 0 radical (unpaired) electrons. The van der Waals surface area contributed by atoms with E-state index < -0.39 is 0 Å². The Morgan fingerprint density at radius 3 is 2.62 bits per heavy atom. The number of nitrogen functional groups attached to an aromatic ring is 1. The van der Waals surface area contributed by atoms with Gasteiger partial charge in [-0.05, 0) is 5.39 Å². The Kier molecular flexibility index (Phi) is 1.74. The standard InChI is InChI=1S/C11H10N2/c1-2-8-7-13-11(12)10-6-4-3-5-9(8)10/h2-7H,1H2,(H2,12,13). The Morgan fingerprint density at radius 1 is 1.23 bits per heavy atom. The normalized spacial score (nSPS) is 10.2. The van der Waals surface area contributed by atoms with Crippen molar-refractivity contribution in [2.75, 3.05) is 5.73 Å². The van der Waals surface area contributed by atoms with Crippen LogP contribution < -0.4 is 5.73 Å². The predicted octanol–water partition coefficient (Wildman–Crippen LogP) is 2.46. The first-order chi connectivity index (χ1) is 6.33. The van der Waals surface area contributed by atoms with Crippen molar-refractivity contribution in [2.24, 2.45) is 0 Å². The largest absolute Gasteiger partial charge is 0.383 e. The monoisotopic (exact) mass is 170 g/mol. The van der Waals surface area contributed by atoms with E-state index in [0.29, 0.717) is 5.82 Å². The Balaban J connectivity index is 2.92. The minimum Gasteiger partial charge on any atom is -0.383 e. The summed E-state index contributed by atoms with van der Waals surface area (Å²) in [5, 5.41) is 2.09. The first kappa shape index (κ1) is 7.80. The van der Waals surface area contributed by atoms with E-state index in [0.717, 1.165) is 16.3 Å². The zero-order valence-electron chi connectivity index (χ0n) is 7.20. The summed E-state index contributed by atoms with van der Waals surface area (Å²) in [6.07, 6.45) is 3.53. The summed E-state index contributed by atoms with van der Waals surface area (Å²) in [6.45, 7) is 3.73. The molecule has 0 bridgehead atoms. The minimum absolute atomic E-state index is 0.571. The average molecular weight is 170 g/mol. The SMILES string of the molecule is C=Cc1cnc(N)c2ccccc12. The molecule has 1 heterocycles. The number of rotatable bonds is 1. The molecule has 0 aliphatic heterocycles. The van der Waals surface area contributed by atoms with Gasteiger partial charge in [-0.2, -0.15) is 0 Å². The lowest BCUT2D eigenvalue weighted by Gasteiger charge is -2.03. The summed E-state index contributed by atoms with van der Waals surface area (Å²) in [7, 11) is 0. The van der Waals surface area contributed by atoms with Gasteiger partial charge in [0.25, 0.3) is 0 Å². The van der Waals surface area contributed by atoms with Crippen LogP contribution in [0.25, 0.3) is 16.8 Å². The molecule has 2 nitrogen and oxygen atoms in total. The fraction of sp³-hybridized carbons (Fsp3) is 0. The summed E-state index contributed by atoms with van der Waals surface area (Å²) in [5.74, 6) is 0.571. The van der Waals surface area contributed by atoms with Crippen molar-refractivity contribution in [2.45, 2.75) is 0 Å². The Labute approximate surface area is 76.7 Å². The molecule has 0 amide bonds. The van der Waals surface area contributed by atoms with Crippen LogP contribution in [0.2, 0.25) is 0 Å². The fourth-order valence-electron chi connectivity index (χ4n) is 1.40. The molecule has 0 atom stereocenters. The quantitative estimate of drug-likeness (QED) is 0.714. The number of benzene rings is 1. The molecule has 0 aliphatic rings. The van der Waals surface area contributed by atoms with Gasteiger partial charge in [0.1, 0.15) is 5.82 Å². The van der Waals surface area contributed by atoms with Gasteiger partial charge < -0.3 is 5.73 Å². The Bertz CT molecular complexity index is 461. The van der Waals surface area contributed by atoms with Crippen molar-refractivity contribution >= 4 is 22.7 Å². The molecular weight excluding hydrogens is 160 g/mol. The van der Waals surface area contributed by atoms with Crippen LogP contribution in [0.4, 0.5) is 5.82 Å². The molecule has 13 heavy (non-hydrogen) atoms. The second kappa shape index (κ2) is 2.90. The van der Waals surface area contributed by atoms with Crippen molar-refractivity contribution in [3.63, 3.8) is 0 Å². The maximum absolute atomic E-state index is 5.73. The molecule has 0 saturated heterocycles. The number of anilines is 1. The van der Waals surface area contributed by atoms with Crippen molar-refractivity contribution in [1.82, 2.24) is 4.98 Å². The Morgan fingerprint density at radius 2 is 1.92 bits per heavy atom. The van der Waals surface area contributed by atoms with E-state index >= 15 is 0 Å². The highest BCUT2D eigenvalue weighted by molar-refractivity contribution is 5.96. The van der Waals surface area contributed by atoms with E-state index in [2.05, 4.69) is 11.6 Å². The number of nitrogens with zero attached hydrogens (tertiary/aromatic N) is 1. The van der Waals surface area contributed by atoms with Gasteiger partial charge in [0.2, 0.25) is 0 Å². The van der Waals surface area contributed by atoms with E-state index in [1.165, 1.54) is 0 Å². The number of fused-ring (bicyclic) bond motifs is 1. The molecule has 0 saturated carbocycles. The highest BCUT2D eigenvalue weighted by atomic mass is 14.8. The molecule has 0 unspecified atom stereocenters. The lowest BCUT2D eigenvalue weighted by molar-refractivity contribution is 1.36. The van der Waals surface area contributed by atoms with Gasteiger partial charge in [-0.3, -0.25) is 0 Å². The van der Waals surface area contributed by atoms with Crippen LogP contribution in [0.1, 0.15) is 5.56 Å². The number of pyridine rings is 1. The summed E-state index contributed by atoms with van der Waals surface area (Å²) in [6, 6.07) is 7.91. The smallest absolute Gasteiger partial charge is 0.131 e.